The highest BCUT2D eigenvalue weighted by molar-refractivity contribution is 4.90. The maximum atomic E-state index is 3.38. The van der Waals surface area contributed by atoms with E-state index in [0.717, 1.165) is 12.8 Å². The Morgan fingerprint density at radius 3 is 1.75 bits per heavy atom. The molecular formula is C10H24N2. The fourth-order valence-corrected chi connectivity index (χ4v) is 1.45. The van der Waals surface area contributed by atoms with Gasteiger partial charge in [-0.25, -0.2) is 0 Å². The van der Waals surface area contributed by atoms with E-state index in [1.165, 1.54) is 0 Å². The van der Waals surface area contributed by atoms with Crippen molar-refractivity contribution < 1.29 is 0 Å². The van der Waals surface area contributed by atoms with Gasteiger partial charge in [-0.05, 0) is 47.7 Å². The molecule has 0 spiro atoms. The van der Waals surface area contributed by atoms with Crippen molar-refractivity contribution in [3.63, 3.8) is 0 Å². The van der Waals surface area contributed by atoms with Crippen molar-refractivity contribution in [1.82, 2.24) is 10.6 Å². The molecule has 0 bridgehead atoms. The third-order valence-corrected chi connectivity index (χ3v) is 2.89. The zero-order valence-electron chi connectivity index (χ0n) is 9.41. The van der Waals surface area contributed by atoms with Gasteiger partial charge in [0.25, 0.3) is 0 Å². The topological polar surface area (TPSA) is 24.1 Å². The average molecular weight is 172 g/mol. The molecule has 0 aromatic heterocycles. The number of hydrogen-bond acceptors (Lipinski definition) is 2. The van der Waals surface area contributed by atoms with Crippen LogP contribution in [-0.4, -0.2) is 25.2 Å². The molecule has 0 fully saturated rings. The van der Waals surface area contributed by atoms with Crippen LogP contribution in [0, 0.1) is 0 Å². The molecule has 0 aromatic carbocycles. The van der Waals surface area contributed by atoms with Crippen molar-refractivity contribution in [3.8, 4) is 0 Å². The van der Waals surface area contributed by atoms with Gasteiger partial charge in [0.15, 0.2) is 0 Å². The molecule has 74 valence electrons. The largest absolute Gasteiger partial charge is 0.315 e. The first kappa shape index (κ1) is 11.9. The number of rotatable bonds is 5. The molecule has 0 aliphatic rings. The summed E-state index contributed by atoms with van der Waals surface area (Å²) in [4.78, 5) is 0. The van der Waals surface area contributed by atoms with Crippen LogP contribution in [0.15, 0.2) is 0 Å². The number of hydrogen-bond donors (Lipinski definition) is 2. The first-order valence-electron chi connectivity index (χ1n) is 4.77. The van der Waals surface area contributed by atoms with E-state index in [-0.39, 0.29) is 11.1 Å². The quantitative estimate of drug-likeness (QED) is 0.660. The van der Waals surface area contributed by atoms with E-state index in [4.69, 9.17) is 0 Å². The first-order chi connectivity index (χ1) is 5.39. The lowest BCUT2D eigenvalue weighted by Gasteiger charge is -2.36. The fraction of sp³-hybridized carbons (Fsp3) is 1.00. The van der Waals surface area contributed by atoms with Gasteiger partial charge in [0.1, 0.15) is 0 Å². The Hall–Kier alpha value is -0.0800. The standard InChI is InChI=1S/C10H24N2/c1-7-10(4,12-6)8-9(2,3)11-5/h11-12H,7-8H2,1-6H3. The predicted octanol–water partition coefficient (Wildman–Crippen LogP) is 1.76. The van der Waals surface area contributed by atoms with E-state index in [1.807, 2.05) is 14.1 Å². The molecule has 0 aliphatic heterocycles. The third-order valence-electron chi connectivity index (χ3n) is 2.89. The Kier molecular flexibility index (Phi) is 4.21. The van der Waals surface area contributed by atoms with Crippen LogP contribution < -0.4 is 10.6 Å². The maximum absolute atomic E-state index is 3.38. The second-order valence-electron chi connectivity index (χ2n) is 4.47. The molecule has 0 saturated heterocycles. The molecule has 0 amide bonds. The summed E-state index contributed by atoms with van der Waals surface area (Å²) < 4.78 is 0. The summed E-state index contributed by atoms with van der Waals surface area (Å²) in [6.07, 6.45) is 2.30. The van der Waals surface area contributed by atoms with Gasteiger partial charge in [-0.15, -0.1) is 0 Å². The molecule has 0 aromatic rings. The highest BCUT2D eigenvalue weighted by Gasteiger charge is 2.28. The van der Waals surface area contributed by atoms with Gasteiger partial charge in [-0.2, -0.15) is 0 Å². The van der Waals surface area contributed by atoms with E-state index >= 15 is 0 Å². The molecule has 0 aliphatic carbocycles. The number of nitrogens with one attached hydrogen (secondary N) is 2. The van der Waals surface area contributed by atoms with Gasteiger partial charge in [-0.3, -0.25) is 0 Å². The Bertz CT molecular complexity index is 126. The first-order valence-corrected chi connectivity index (χ1v) is 4.77. The van der Waals surface area contributed by atoms with Gasteiger partial charge in [0.2, 0.25) is 0 Å². The highest BCUT2D eigenvalue weighted by Crippen LogP contribution is 2.22. The van der Waals surface area contributed by atoms with Crippen molar-refractivity contribution >= 4 is 0 Å². The van der Waals surface area contributed by atoms with Crippen LogP contribution in [0.1, 0.15) is 40.5 Å². The molecule has 2 N–H and O–H groups in total. The van der Waals surface area contributed by atoms with Crippen molar-refractivity contribution in [2.45, 2.75) is 51.6 Å². The molecule has 0 radical (unpaired) electrons. The van der Waals surface area contributed by atoms with Gasteiger partial charge in [-0.1, -0.05) is 6.92 Å². The summed E-state index contributed by atoms with van der Waals surface area (Å²) in [6.45, 7) is 8.96. The lowest BCUT2D eigenvalue weighted by atomic mass is 9.84. The van der Waals surface area contributed by atoms with E-state index in [2.05, 4.69) is 38.3 Å². The molecule has 1 atom stereocenters. The molecule has 0 saturated carbocycles. The van der Waals surface area contributed by atoms with E-state index in [9.17, 15) is 0 Å². The smallest absolute Gasteiger partial charge is 0.0165 e. The van der Waals surface area contributed by atoms with Crippen LogP contribution in [0.25, 0.3) is 0 Å². The Balaban J connectivity index is 4.20. The minimum atomic E-state index is 0.216. The monoisotopic (exact) mass is 172 g/mol. The van der Waals surface area contributed by atoms with Crippen molar-refractivity contribution in [2.24, 2.45) is 0 Å². The van der Waals surface area contributed by atoms with Crippen LogP contribution in [-0.2, 0) is 0 Å². The molecule has 1 unspecified atom stereocenters. The van der Waals surface area contributed by atoms with Crippen LogP contribution >= 0.6 is 0 Å². The zero-order valence-corrected chi connectivity index (χ0v) is 9.41. The Morgan fingerprint density at radius 1 is 1.00 bits per heavy atom. The van der Waals surface area contributed by atoms with Gasteiger partial charge >= 0.3 is 0 Å². The zero-order chi connectivity index (χ0) is 9.83. The van der Waals surface area contributed by atoms with Crippen LogP contribution in [0.4, 0.5) is 0 Å². The molecule has 0 heterocycles. The summed E-state index contributed by atoms with van der Waals surface area (Å²) in [5, 5.41) is 6.70. The van der Waals surface area contributed by atoms with Crippen LogP contribution in [0.5, 0.6) is 0 Å². The normalized spacial score (nSPS) is 17.5. The highest BCUT2D eigenvalue weighted by atomic mass is 15.0. The lowest BCUT2D eigenvalue weighted by molar-refractivity contribution is 0.248. The third kappa shape index (κ3) is 3.55. The molecule has 12 heavy (non-hydrogen) atoms. The summed E-state index contributed by atoms with van der Waals surface area (Å²) in [5.74, 6) is 0. The van der Waals surface area contributed by atoms with Crippen molar-refractivity contribution in [1.29, 1.82) is 0 Å². The van der Waals surface area contributed by atoms with E-state index < -0.39 is 0 Å². The predicted molar refractivity (Wildman–Crippen MR) is 55.5 cm³/mol. The summed E-state index contributed by atoms with van der Waals surface area (Å²) in [6, 6.07) is 0. The minimum absolute atomic E-state index is 0.216. The van der Waals surface area contributed by atoms with Crippen molar-refractivity contribution in [2.75, 3.05) is 14.1 Å². The minimum Gasteiger partial charge on any atom is -0.315 e. The molecular weight excluding hydrogens is 148 g/mol. The van der Waals surface area contributed by atoms with Crippen molar-refractivity contribution in [3.05, 3.63) is 0 Å². The lowest BCUT2D eigenvalue weighted by Crippen LogP contribution is -2.49. The Labute approximate surface area is 77.1 Å². The molecule has 2 nitrogen and oxygen atoms in total. The summed E-state index contributed by atoms with van der Waals surface area (Å²) >= 11 is 0. The van der Waals surface area contributed by atoms with Gasteiger partial charge in [0.05, 0.1) is 0 Å². The average Bonchev–Trinajstić information content (AvgIpc) is 2.04. The second kappa shape index (κ2) is 4.24. The fourth-order valence-electron chi connectivity index (χ4n) is 1.45. The van der Waals surface area contributed by atoms with Crippen LogP contribution in [0.3, 0.4) is 0 Å². The van der Waals surface area contributed by atoms with E-state index in [0.29, 0.717) is 0 Å². The SMILES string of the molecule is CCC(C)(CC(C)(C)NC)NC. The van der Waals surface area contributed by atoms with Gasteiger partial charge in [0, 0.05) is 11.1 Å². The molecule has 2 heteroatoms. The Morgan fingerprint density at radius 2 is 1.50 bits per heavy atom. The van der Waals surface area contributed by atoms with Crippen LogP contribution in [0.2, 0.25) is 0 Å². The molecule has 0 rings (SSSR count). The second-order valence-corrected chi connectivity index (χ2v) is 4.47. The van der Waals surface area contributed by atoms with Gasteiger partial charge < -0.3 is 10.6 Å². The maximum Gasteiger partial charge on any atom is 0.0165 e. The summed E-state index contributed by atoms with van der Waals surface area (Å²) in [7, 11) is 4.06. The summed E-state index contributed by atoms with van der Waals surface area (Å²) in [5.41, 5.74) is 0.473. The van der Waals surface area contributed by atoms with E-state index in [1.54, 1.807) is 0 Å².